The number of para-hydroxylation sites is 1. The maximum absolute atomic E-state index is 11.5. The van der Waals surface area contributed by atoms with Gasteiger partial charge in [-0.3, -0.25) is 9.98 Å². The summed E-state index contributed by atoms with van der Waals surface area (Å²) in [5, 5.41) is 18.5. The fourth-order valence-electron chi connectivity index (χ4n) is 4.00. The number of hydrogen-bond donors (Lipinski definition) is 4. The Labute approximate surface area is 198 Å². The number of H-pyrrole nitrogens is 2. The molecule has 1 saturated carbocycles. The van der Waals surface area contributed by atoms with Crippen LogP contribution < -0.4 is 21.7 Å². The number of nitrogens with one attached hydrogen (secondary N) is 3. The predicted molar refractivity (Wildman–Crippen MR) is 129 cm³/mol. The number of nitrogens with zero attached hydrogens (tertiary/aromatic N) is 6. The van der Waals surface area contributed by atoms with Crippen LogP contribution in [-0.2, 0) is 6.54 Å². The van der Waals surface area contributed by atoms with Crippen LogP contribution in [0.15, 0.2) is 58.7 Å². The van der Waals surface area contributed by atoms with E-state index in [4.69, 9.17) is 9.98 Å². The zero-order valence-corrected chi connectivity index (χ0v) is 18.9. The maximum Gasteiger partial charge on any atom is 0.326 e. The van der Waals surface area contributed by atoms with E-state index in [9.17, 15) is 9.90 Å². The number of rotatable bonds is 6. The summed E-state index contributed by atoms with van der Waals surface area (Å²) in [6.07, 6.45) is 9.12. The van der Waals surface area contributed by atoms with E-state index >= 15 is 0 Å². The fourth-order valence-corrected chi connectivity index (χ4v) is 4.00. The highest BCUT2D eigenvalue weighted by Gasteiger charge is 2.20. The van der Waals surface area contributed by atoms with Crippen molar-refractivity contribution in [2.75, 3.05) is 5.32 Å². The lowest BCUT2D eigenvalue weighted by Gasteiger charge is -2.13. The van der Waals surface area contributed by atoms with Gasteiger partial charge in [0, 0.05) is 30.2 Å². The van der Waals surface area contributed by atoms with Gasteiger partial charge in [-0.15, -0.1) is 0 Å². The predicted octanol–water partition coefficient (Wildman–Crippen LogP) is 1.17. The smallest absolute Gasteiger partial charge is 0.326 e. The van der Waals surface area contributed by atoms with Crippen LogP contribution in [-0.4, -0.2) is 45.3 Å². The molecule has 1 aliphatic carbocycles. The minimum Gasteiger partial charge on any atom is -0.493 e. The van der Waals surface area contributed by atoms with Gasteiger partial charge in [0.1, 0.15) is 17.3 Å². The largest absolute Gasteiger partial charge is 0.493 e. The van der Waals surface area contributed by atoms with E-state index in [1.807, 2.05) is 31.3 Å². The van der Waals surface area contributed by atoms with Gasteiger partial charge in [0.15, 0.2) is 11.1 Å². The Morgan fingerprint density at radius 2 is 2.14 bits per heavy atom. The molecular weight excluding hydrogens is 446 g/mol. The van der Waals surface area contributed by atoms with E-state index in [0.29, 0.717) is 34.8 Å². The van der Waals surface area contributed by atoms with E-state index in [-0.39, 0.29) is 11.6 Å². The van der Waals surface area contributed by atoms with Crippen molar-refractivity contribution in [2.45, 2.75) is 32.4 Å². The Morgan fingerprint density at radius 1 is 1.29 bits per heavy atom. The van der Waals surface area contributed by atoms with Crippen LogP contribution in [0.4, 0.5) is 5.82 Å². The van der Waals surface area contributed by atoms with E-state index in [0.717, 1.165) is 29.9 Å². The molecule has 0 bridgehead atoms. The van der Waals surface area contributed by atoms with Crippen LogP contribution in [0.5, 0.6) is 5.88 Å². The van der Waals surface area contributed by atoms with Crippen LogP contribution in [0.1, 0.15) is 29.9 Å². The molecule has 11 nitrogen and oxygen atoms in total. The van der Waals surface area contributed by atoms with Crippen molar-refractivity contribution in [1.29, 1.82) is 0 Å². The van der Waals surface area contributed by atoms with Crippen molar-refractivity contribution < 1.29 is 5.11 Å². The molecule has 0 saturated heterocycles. The molecule has 4 N–H and O–H groups in total. The fraction of sp³-hybridized carbons (Fsp3) is 0.208. The number of aromatic hydroxyl groups is 1. The highest BCUT2D eigenvalue weighted by molar-refractivity contribution is 5.58. The molecule has 4 heterocycles. The van der Waals surface area contributed by atoms with Crippen molar-refractivity contribution in [3.63, 3.8) is 0 Å². The molecule has 4 aromatic heterocycles. The molecular formula is C24H23N9O2. The molecule has 0 unspecified atom stereocenters. The minimum absolute atomic E-state index is 0.238. The van der Waals surface area contributed by atoms with Gasteiger partial charge in [-0.2, -0.15) is 9.61 Å². The first-order chi connectivity index (χ1) is 17.0. The van der Waals surface area contributed by atoms with E-state index in [1.165, 1.54) is 0 Å². The summed E-state index contributed by atoms with van der Waals surface area (Å²) in [5.74, 6) is 1.32. The van der Waals surface area contributed by atoms with Crippen molar-refractivity contribution >= 4 is 17.5 Å². The summed E-state index contributed by atoms with van der Waals surface area (Å²) in [4.78, 5) is 30.3. The average Bonchev–Trinajstić information content (AvgIpc) is 3.26. The lowest BCUT2D eigenvalue weighted by Crippen LogP contribution is -2.20. The highest BCUT2D eigenvalue weighted by atomic mass is 16.3. The third-order valence-electron chi connectivity index (χ3n) is 5.91. The van der Waals surface area contributed by atoms with Crippen molar-refractivity contribution in [1.82, 2.24) is 34.1 Å². The number of aromatic amines is 2. The van der Waals surface area contributed by atoms with Crippen LogP contribution in [0.3, 0.4) is 0 Å². The standard InChI is InChI=1S/C24H23N9O2/c1-14-25-8-9-32(14)19-5-3-2-4-15(19)12-26-20-11-21(28-17-6-7-17)33-22(30-20)16(13-27-33)10-18-23(34)31-24(35)29-18/h2-5,8-11,13,17,26,34H,6-7,12H2,1H3,(H2,29,31,35). The van der Waals surface area contributed by atoms with Crippen molar-refractivity contribution in [3.8, 4) is 11.6 Å². The first kappa shape index (κ1) is 20.9. The lowest BCUT2D eigenvalue weighted by atomic mass is 10.1. The molecule has 0 radical (unpaired) electrons. The molecule has 0 spiro atoms. The van der Waals surface area contributed by atoms with Crippen molar-refractivity contribution in [2.24, 2.45) is 4.99 Å². The van der Waals surface area contributed by atoms with Crippen LogP contribution in [0, 0.1) is 6.92 Å². The van der Waals surface area contributed by atoms with Crippen LogP contribution in [0.2, 0.25) is 0 Å². The monoisotopic (exact) mass is 469 g/mol. The zero-order valence-electron chi connectivity index (χ0n) is 18.9. The summed E-state index contributed by atoms with van der Waals surface area (Å²) in [6.45, 7) is 2.51. The first-order valence-electron chi connectivity index (χ1n) is 11.3. The summed E-state index contributed by atoms with van der Waals surface area (Å²) in [6, 6.07) is 10.3. The molecule has 0 atom stereocenters. The Bertz CT molecular complexity index is 1720. The Balaban J connectivity index is 1.41. The molecule has 0 amide bonds. The first-order valence-corrected chi connectivity index (χ1v) is 11.3. The zero-order chi connectivity index (χ0) is 23.9. The number of fused-ring (bicyclic) bond motifs is 1. The van der Waals surface area contributed by atoms with Gasteiger partial charge in [0.2, 0.25) is 5.88 Å². The highest BCUT2D eigenvalue weighted by Crippen LogP contribution is 2.22. The molecule has 6 rings (SSSR count). The second-order valence-corrected chi connectivity index (χ2v) is 8.51. The SMILES string of the molecule is Cc1nccn1-c1ccccc1CNc1cc(=NC2CC2)n2ncc(=Cc3[nH]c(=O)[nH]c3O)c2n1. The van der Waals surface area contributed by atoms with Gasteiger partial charge < -0.3 is 20.0 Å². The summed E-state index contributed by atoms with van der Waals surface area (Å²) in [5.41, 5.74) is 3.17. The summed E-state index contributed by atoms with van der Waals surface area (Å²) < 4.78 is 3.73. The van der Waals surface area contributed by atoms with E-state index < -0.39 is 5.69 Å². The number of aryl methyl sites for hydroxylation is 1. The third kappa shape index (κ3) is 4.07. The Hall–Kier alpha value is -4.67. The number of anilines is 1. The minimum atomic E-state index is -0.489. The number of aromatic nitrogens is 7. The van der Waals surface area contributed by atoms with Crippen LogP contribution >= 0.6 is 0 Å². The Kier molecular flexibility index (Phi) is 4.94. The molecule has 176 valence electrons. The molecule has 1 aliphatic rings. The average molecular weight is 470 g/mol. The van der Waals surface area contributed by atoms with Gasteiger partial charge in [0.25, 0.3) is 0 Å². The molecule has 35 heavy (non-hydrogen) atoms. The quantitative estimate of drug-likeness (QED) is 0.294. The second kappa shape index (κ2) is 8.28. The molecule has 1 fully saturated rings. The van der Waals surface area contributed by atoms with Crippen molar-refractivity contribution in [3.05, 3.63) is 87.2 Å². The van der Waals surface area contributed by atoms with Gasteiger partial charge in [-0.1, -0.05) is 18.2 Å². The summed E-state index contributed by atoms with van der Waals surface area (Å²) >= 11 is 0. The normalized spacial score (nSPS) is 14.8. The number of imidazole rings is 2. The topological polar surface area (TPSA) is 141 Å². The molecule has 0 aliphatic heterocycles. The molecule has 5 aromatic rings. The third-order valence-corrected chi connectivity index (χ3v) is 5.91. The van der Waals surface area contributed by atoms with Gasteiger partial charge in [-0.05, 0) is 37.5 Å². The molecule has 11 heteroatoms. The van der Waals surface area contributed by atoms with Crippen LogP contribution in [0.25, 0.3) is 17.4 Å². The summed E-state index contributed by atoms with van der Waals surface area (Å²) in [7, 11) is 0. The lowest BCUT2D eigenvalue weighted by molar-refractivity contribution is 0.454. The number of hydrogen-bond acceptors (Lipinski definition) is 7. The second-order valence-electron chi connectivity index (χ2n) is 8.51. The van der Waals surface area contributed by atoms with Gasteiger partial charge in [0.05, 0.1) is 17.9 Å². The van der Waals surface area contributed by atoms with Gasteiger partial charge >= 0.3 is 5.69 Å². The molecule has 1 aromatic carbocycles. The van der Waals surface area contributed by atoms with E-state index in [1.54, 1.807) is 23.0 Å². The van der Waals surface area contributed by atoms with Gasteiger partial charge in [-0.25, -0.2) is 14.8 Å². The maximum atomic E-state index is 11.5. The Morgan fingerprint density at radius 3 is 2.89 bits per heavy atom. The van der Waals surface area contributed by atoms with E-state index in [2.05, 4.69) is 42.1 Å². The number of benzene rings is 1.